The van der Waals surface area contributed by atoms with Gasteiger partial charge < -0.3 is 15.0 Å². The van der Waals surface area contributed by atoms with E-state index in [-0.39, 0.29) is 0 Å². The van der Waals surface area contributed by atoms with E-state index < -0.39 is 0 Å². The molecule has 0 spiro atoms. The van der Waals surface area contributed by atoms with Gasteiger partial charge in [0, 0.05) is 38.5 Å². The largest absolute Gasteiger partial charge is 0.377 e. The fourth-order valence-corrected chi connectivity index (χ4v) is 2.70. The standard InChI is InChI=1S/C16H26N2O/c1-13-7-4-5-8-15(13)18(3)11-10-17-14(2)16-9-6-12-19-16/h4-5,7-8,14,16-17H,6,9-12H2,1-3H3. The van der Waals surface area contributed by atoms with Crippen molar-refractivity contribution in [2.75, 3.05) is 31.6 Å². The summed E-state index contributed by atoms with van der Waals surface area (Å²) in [6.45, 7) is 7.32. The van der Waals surface area contributed by atoms with Crippen LogP contribution < -0.4 is 10.2 Å². The molecule has 0 saturated carbocycles. The average Bonchev–Trinajstić information content (AvgIpc) is 2.93. The highest BCUT2D eigenvalue weighted by molar-refractivity contribution is 5.52. The molecule has 1 aliphatic heterocycles. The van der Waals surface area contributed by atoms with Crippen molar-refractivity contribution in [3.8, 4) is 0 Å². The zero-order chi connectivity index (χ0) is 13.7. The summed E-state index contributed by atoms with van der Waals surface area (Å²) in [5.74, 6) is 0. The van der Waals surface area contributed by atoms with Crippen molar-refractivity contribution in [2.24, 2.45) is 0 Å². The van der Waals surface area contributed by atoms with Crippen LogP contribution in [0.5, 0.6) is 0 Å². The lowest BCUT2D eigenvalue weighted by atomic mass is 10.1. The van der Waals surface area contributed by atoms with E-state index in [1.54, 1.807) is 0 Å². The maximum atomic E-state index is 5.70. The van der Waals surface area contributed by atoms with Gasteiger partial charge in [-0.15, -0.1) is 0 Å². The Hall–Kier alpha value is -1.06. The van der Waals surface area contributed by atoms with Crippen molar-refractivity contribution in [3.63, 3.8) is 0 Å². The molecule has 0 radical (unpaired) electrons. The van der Waals surface area contributed by atoms with Crippen LogP contribution >= 0.6 is 0 Å². The summed E-state index contributed by atoms with van der Waals surface area (Å²) < 4.78 is 5.70. The van der Waals surface area contributed by atoms with E-state index in [1.807, 2.05) is 0 Å². The number of nitrogens with zero attached hydrogens (tertiary/aromatic N) is 1. The molecular weight excluding hydrogens is 236 g/mol. The molecule has 19 heavy (non-hydrogen) atoms. The fourth-order valence-electron chi connectivity index (χ4n) is 2.70. The number of hydrogen-bond donors (Lipinski definition) is 1. The first kappa shape index (κ1) is 14.4. The molecule has 2 atom stereocenters. The third-order valence-electron chi connectivity index (χ3n) is 3.96. The van der Waals surface area contributed by atoms with Crippen LogP contribution in [0, 0.1) is 6.92 Å². The van der Waals surface area contributed by atoms with Gasteiger partial charge in [-0.3, -0.25) is 0 Å². The molecule has 3 nitrogen and oxygen atoms in total. The summed E-state index contributed by atoms with van der Waals surface area (Å²) in [5, 5.41) is 3.58. The topological polar surface area (TPSA) is 24.5 Å². The molecule has 1 fully saturated rings. The third kappa shape index (κ3) is 3.95. The molecule has 0 amide bonds. The number of rotatable bonds is 6. The zero-order valence-electron chi connectivity index (χ0n) is 12.4. The van der Waals surface area contributed by atoms with Crippen LogP contribution in [-0.2, 0) is 4.74 Å². The molecule has 1 aromatic carbocycles. The molecule has 1 aromatic rings. The molecule has 1 aliphatic rings. The number of anilines is 1. The van der Waals surface area contributed by atoms with Crippen LogP contribution in [0.4, 0.5) is 5.69 Å². The van der Waals surface area contributed by atoms with Gasteiger partial charge >= 0.3 is 0 Å². The van der Waals surface area contributed by atoms with Crippen molar-refractivity contribution in [3.05, 3.63) is 29.8 Å². The Balaban J connectivity index is 1.74. The average molecular weight is 262 g/mol. The lowest BCUT2D eigenvalue weighted by Crippen LogP contribution is -2.40. The number of ether oxygens (including phenoxy) is 1. The van der Waals surface area contributed by atoms with Gasteiger partial charge in [0.25, 0.3) is 0 Å². The van der Waals surface area contributed by atoms with Crippen LogP contribution in [0.15, 0.2) is 24.3 Å². The number of nitrogens with one attached hydrogen (secondary N) is 1. The second-order valence-electron chi connectivity index (χ2n) is 5.50. The van der Waals surface area contributed by atoms with E-state index >= 15 is 0 Å². The smallest absolute Gasteiger partial charge is 0.0726 e. The number of benzene rings is 1. The van der Waals surface area contributed by atoms with Crippen LogP contribution in [0.3, 0.4) is 0 Å². The molecule has 2 rings (SSSR count). The van der Waals surface area contributed by atoms with Gasteiger partial charge in [0.05, 0.1) is 6.10 Å². The predicted octanol–water partition coefficient (Wildman–Crippen LogP) is 2.59. The van der Waals surface area contributed by atoms with Crippen LogP contribution in [0.2, 0.25) is 0 Å². The minimum Gasteiger partial charge on any atom is -0.377 e. The van der Waals surface area contributed by atoms with Crippen LogP contribution in [-0.4, -0.2) is 38.9 Å². The van der Waals surface area contributed by atoms with Gasteiger partial charge in [-0.2, -0.15) is 0 Å². The Bertz CT molecular complexity index is 388. The van der Waals surface area contributed by atoms with E-state index in [9.17, 15) is 0 Å². The Morgan fingerprint density at radius 2 is 2.21 bits per heavy atom. The summed E-state index contributed by atoms with van der Waals surface area (Å²) in [7, 11) is 2.15. The first-order valence-electron chi connectivity index (χ1n) is 7.30. The molecule has 3 heteroatoms. The lowest BCUT2D eigenvalue weighted by Gasteiger charge is -2.24. The molecule has 1 N–H and O–H groups in total. The van der Waals surface area contributed by atoms with E-state index in [0.29, 0.717) is 12.1 Å². The van der Waals surface area contributed by atoms with Crippen molar-refractivity contribution in [1.82, 2.24) is 5.32 Å². The maximum Gasteiger partial charge on any atom is 0.0726 e. The molecule has 0 aliphatic carbocycles. The van der Waals surface area contributed by atoms with E-state index in [4.69, 9.17) is 4.74 Å². The van der Waals surface area contributed by atoms with Crippen molar-refractivity contribution >= 4 is 5.69 Å². The highest BCUT2D eigenvalue weighted by Crippen LogP contribution is 2.17. The molecule has 0 bridgehead atoms. The Kier molecular flexibility index (Phi) is 5.23. The lowest BCUT2D eigenvalue weighted by molar-refractivity contribution is 0.0841. The monoisotopic (exact) mass is 262 g/mol. The van der Waals surface area contributed by atoms with Gasteiger partial charge in [-0.05, 0) is 38.3 Å². The van der Waals surface area contributed by atoms with Gasteiger partial charge in [0.1, 0.15) is 0 Å². The summed E-state index contributed by atoms with van der Waals surface area (Å²) >= 11 is 0. The number of likely N-dealkylation sites (N-methyl/N-ethyl adjacent to an activating group) is 1. The first-order valence-corrected chi connectivity index (χ1v) is 7.30. The summed E-state index contributed by atoms with van der Waals surface area (Å²) in [4.78, 5) is 2.31. The van der Waals surface area contributed by atoms with Gasteiger partial charge in [-0.1, -0.05) is 18.2 Å². The molecule has 2 unspecified atom stereocenters. The third-order valence-corrected chi connectivity index (χ3v) is 3.96. The number of aryl methyl sites for hydroxylation is 1. The van der Waals surface area contributed by atoms with Crippen molar-refractivity contribution in [1.29, 1.82) is 0 Å². The van der Waals surface area contributed by atoms with E-state index in [0.717, 1.165) is 19.7 Å². The van der Waals surface area contributed by atoms with Crippen LogP contribution in [0.25, 0.3) is 0 Å². The van der Waals surface area contributed by atoms with E-state index in [2.05, 4.69) is 55.4 Å². The normalized spacial score (nSPS) is 20.5. The zero-order valence-corrected chi connectivity index (χ0v) is 12.4. The van der Waals surface area contributed by atoms with Gasteiger partial charge in [-0.25, -0.2) is 0 Å². The minimum atomic E-state index is 0.406. The summed E-state index contributed by atoms with van der Waals surface area (Å²) in [5.41, 5.74) is 2.64. The predicted molar refractivity (Wildman–Crippen MR) is 80.9 cm³/mol. The van der Waals surface area contributed by atoms with Crippen LogP contribution in [0.1, 0.15) is 25.3 Å². The molecular formula is C16H26N2O. The molecule has 1 saturated heterocycles. The van der Waals surface area contributed by atoms with E-state index in [1.165, 1.54) is 24.1 Å². The number of hydrogen-bond acceptors (Lipinski definition) is 3. The van der Waals surface area contributed by atoms with Gasteiger partial charge in [0.15, 0.2) is 0 Å². The summed E-state index contributed by atoms with van der Waals surface area (Å²) in [6.07, 6.45) is 2.81. The summed E-state index contributed by atoms with van der Waals surface area (Å²) in [6, 6.07) is 8.98. The van der Waals surface area contributed by atoms with Crippen molar-refractivity contribution in [2.45, 2.75) is 38.8 Å². The van der Waals surface area contributed by atoms with Crippen molar-refractivity contribution < 1.29 is 4.74 Å². The SMILES string of the molecule is Cc1ccccc1N(C)CCNC(C)C1CCCO1. The highest BCUT2D eigenvalue weighted by atomic mass is 16.5. The first-order chi connectivity index (χ1) is 9.18. The maximum absolute atomic E-state index is 5.70. The Morgan fingerprint density at radius 1 is 1.42 bits per heavy atom. The quantitative estimate of drug-likeness (QED) is 0.853. The highest BCUT2D eigenvalue weighted by Gasteiger charge is 2.21. The van der Waals surface area contributed by atoms with Gasteiger partial charge in [0.2, 0.25) is 0 Å². The second-order valence-corrected chi connectivity index (χ2v) is 5.50. The fraction of sp³-hybridized carbons (Fsp3) is 0.625. The Labute approximate surface area is 116 Å². The minimum absolute atomic E-state index is 0.406. The molecule has 106 valence electrons. The number of para-hydroxylation sites is 1. The second kappa shape index (κ2) is 6.92. The molecule has 0 aromatic heterocycles. The molecule has 1 heterocycles. The Morgan fingerprint density at radius 3 is 2.89 bits per heavy atom.